The van der Waals surface area contributed by atoms with E-state index in [2.05, 4.69) is 30.7 Å². The van der Waals surface area contributed by atoms with Crippen LogP contribution < -0.4 is 10.1 Å². The molecule has 2 atom stereocenters. The molecular weight excluding hydrogens is 585 g/mol. The van der Waals surface area contributed by atoms with Crippen molar-refractivity contribution in [2.75, 3.05) is 0 Å². The average Bonchev–Trinajstić information content (AvgIpc) is 3.66. The van der Waals surface area contributed by atoms with Crippen molar-refractivity contribution in [3.8, 4) is 5.75 Å². The number of tetrazole rings is 1. The van der Waals surface area contributed by atoms with Crippen LogP contribution in [0.5, 0.6) is 5.75 Å². The van der Waals surface area contributed by atoms with Gasteiger partial charge in [0.25, 0.3) is 5.91 Å². The smallest absolute Gasteiger partial charge is 0.406 e. The Morgan fingerprint density at radius 2 is 1.72 bits per heavy atom. The first-order chi connectivity index (χ1) is 20.6. The van der Waals surface area contributed by atoms with Gasteiger partial charge in [-0.05, 0) is 71.0 Å². The van der Waals surface area contributed by atoms with Crippen LogP contribution in [-0.4, -0.2) is 43.7 Å². The second-order valence-electron chi connectivity index (χ2n) is 10.2. The number of hydrogen-bond donors (Lipinski definition) is 2. The van der Waals surface area contributed by atoms with Crippen LogP contribution >= 0.6 is 11.6 Å². The molecule has 3 aromatic carbocycles. The normalized spacial score (nSPS) is 14.2. The predicted octanol–water partition coefficient (Wildman–Crippen LogP) is 5.89. The van der Waals surface area contributed by atoms with Crippen molar-refractivity contribution >= 4 is 23.4 Å². The Kier molecular flexibility index (Phi) is 8.95. The minimum atomic E-state index is -4.81. The molecule has 1 aliphatic rings. The maximum Gasteiger partial charge on any atom is 0.573 e. The van der Waals surface area contributed by atoms with E-state index in [1.807, 2.05) is 31.2 Å². The van der Waals surface area contributed by atoms with E-state index in [9.17, 15) is 22.8 Å². The van der Waals surface area contributed by atoms with Crippen molar-refractivity contribution < 1.29 is 27.5 Å². The number of ether oxygens (including phenoxy) is 1. The first kappa shape index (κ1) is 30.0. The topological polar surface area (TPSA) is 113 Å². The van der Waals surface area contributed by atoms with Crippen LogP contribution in [0.4, 0.5) is 13.2 Å². The maximum absolute atomic E-state index is 14.3. The number of alkyl halides is 3. The maximum atomic E-state index is 14.3. The Hall–Kier alpha value is -4.45. The van der Waals surface area contributed by atoms with Crippen molar-refractivity contribution in [3.63, 3.8) is 0 Å². The highest BCUT2D eigenvalue weighted by Crippen LogP contribution is 2.40. The van der Waals surface area contributed by atoms with E-state index in [-0.39, 0.29) is 43.1 Å². The molecule has 2 heterocycles. The third kappa shape index (κ3) is 7.31. The lowest BCUT2D eigenvalue weighted by Crippen LogP contribution is -2.34. The number of rotatable bonds is 10. The van der Waals surface area contributed by atoms with Crippen molar-refractivity contribution in [1.82, 2.24) is 30.8 Å². The number of carbonyl (C=O) groups is 2. The Morgan fingerprint density at radius 3 is 2.37 bits per heavy atom. The zero-order chi connectivity index (χ0) is 30.6. The van der Waals surface area contributed by atoms with E-state index in [1.165, 1.54) is 12.1 Å². The third-order valence-corrected chi connectivity index (χ3v) is 7.59. The molecule has 13 heteroatoms. The molecule has 4 aromatic rings. The molecule has 0 radical (unpaired) electrons. The van der Waals surface area contributed by atoms with Gasteiger partial charge in [-0.3, -0.25) is 9.59 Å². The minimum Gasteiger partial charge on any atom is -0.406 e. The SMILES string of the molecule is CCCC(c1ccc(C(=O)NCc2nn[nH]n2)cc1)C(C(=O)N1Cc2ccc(OC(F)(F)F)cc2C1)c1ccc(Cl)cc1. The summed E-state index contributed by atoms with van der Waals surface area (Å²) in [7, 11) is 0. The molecule has 1 aromatic heterocycles. The van der Waals surface area contributed by atoms with Crippen LogP contribution in [0.1, 0.15) is 70.0 Å². The minimum absolute atomic E-state index is 0.116. The standard InChI is InChI=1S/C30H28ClF3N6O3/c1-2-3-25(18-4-6-20(7-5-18)28(41)35-15-26-36-38-39-37-26)27(19-8-11-23(31)12-9-19)29(42)40-16-21-10-13-24(14-22(21)17-40)43-30(32,33)34/h4-14,25,27H,2-3,15-17H2,1H3,(H,35,41)(H,36,37,38,39). The summed E-state index contributed by atoms with van der Waals surface area (Å²) in [5, 5.41) is 16.7. The van der Waals surface area contributed by atoms with Crippen molar-refractivity contribution in [1.29, 1.82) is 0 Å². The van der Waals surface area contributed by atoms with E-state index in [0.717, 1.165) is 23.1 Å². The van der Waals surface area contributed by atoms with Crippen LogP contribution in [0, 0.1) is 0 Å². The Balaban J connectivity index is 1.40. The molecule has 2 N–H and O–H groups in total. The van der Waals surface area contributed by atoms with Crippen molar-refractivity contribution in [2.24, 2.45) is 0 Å². The van der Waals surface area contributed by atoms with E-state index < -0.39 is 12.3 Å². The van der Waals surface area contributed by atoms with Gasteiger partial charge in [0, 0.05) is 23.7 Å². The van der Waals surface area contributed by atoms with Gasteiger partial charge < -0.3 is 15.0 Å². The van der Waals surface area contributed by atoms with Gasteiger partial charge in [0.2, 0.25) is 5.91 Å². The molecule has 0 spiro atoms. The molecule has 2 amide bonds. The van der Waals surface area contributed by atoms with Crippen LogP contribution in [0.25, 0.3) is 0 Å². The summed E-state index contributed by atoms with van der Waals surface area (Å²) >= 11 is 6.17. The van der Waals surface area contributed by atoms with E-state index in [1.54, 1.807) is 35.2 Å². The molecule has 0 bridgehead atoms. The van der Waals surface area contributed by atoms with Gasteiger partial charge in [-0.2, -0.15) is 5.21 Å². The Bertz CT molecular complexity index is 1560. The Morgan fingerprint density at radius 1 is 1.02 bits per heavy atom. The quantitative estimate of drug-likeness (QED) is 0.231. The van der Waals surface area contributed by atoms with Crippen molar-refractivity contribution in [3.05, 3.63) is 105 Å². The molecule has 1 aliphatic heterocycles. The molecule has 43 heavy (non-hydrogen) atoms. The number of benzene rings is 3. The zero-order valence-corrected chi connectivity index (χ0v) is 23.8. The van der Waals surface area contributed by atoms with Gasteiger partial charge in [0.1, 0.15) is 5.75 Å². The van der Waals surface area contributed by atoms with Gasteiger partial charge >= 0.3 is 6.36 Å². The first-order valence-corrected chi connectivity index (χ1v) is 14.0. The fraction of sp³-hybridized carbons (Fsp3) is 0.300. The summed E-state index contributed by atoms with van der Waals surface area (Å²) < 4.78 is 42.4. The number of aromatic amines is 1. The molecular formula is C30H28ClF3N6O3. The molecule has 9 nitrogen and oxygen atoms in total. The van der Waals surface area contributed by atoms with Gasteiger partial charge in [0.05, 0.1) is 12.5 Å². The highest BCUT2D eigenvalue weighted by molar-refractivity contribution is 6.30. The zero-order valence-electron chi connectivity index (χ0n) is 23.1. The van der Waals surface area contributed by atoms with Gasteiger partial charge in [-0.25, -0.2) is 0 Å². The largest absolute Gasteiger partial charge is 0.573 e. The summed E-state index contributed by atoms with van der Waals surface area (Å²) in [6, 6.07) is 18.4. The number of nitrogens with one attached hydrogen (secondary N) is 2. The van der Waals surface area contributed by atoms with Crippen LogP contribution in [0.15, 0.2) is 66.7 Å². The van der Waals surface area contributed by atoms with Gasteiger partial charge in [-0.1, -0.05) is 60.5 Å². The van der Waals surface area contributed by atoms with Crippen molar-refractivity contribution in [2.45, 2.75) is 57.6 Å². The monoisotopic (exact) mass is 612 g/mol. The molecule has 0 aliphatic carbocycles. The van der Waals surface area contributed by atoms with Crippen LogP contribution in [0.2, 0.25) is 5.02 Å². The molecule has 224 valence electrons. The molecule has 0 saturated heterocycles. The van der Waals surface area contributed by atoms with Crippen LogP contribution in [0.3, 0.4) is 0 Å². The summed E-state index contributed by atoms with van der Waals surface area (Å²) in [6.45, 7) is 2.57. The van der Waals surface area contributed by atoms with E-state index in [0.29, 0.717) is 28.4 Å². The highest BCUT2D eigenvalue weighted by atomic mass is 35.5. The lowest BCUT2D eigenvalue weighted by Gasteiger charge is -2.31. The highest BCUT2D eigenvalue weighted by Gasteiger charge is 2.37. The van der Waals surface area contributed by atoms with E-state index in [4.69, 9.17) is 11.6 Å². The molecule has 0 fully saturated rings. The van der Waals surface area contributed by atoms with E-state index >= 15 is 0 Å². The predicted molar refractivity (Wildman–Crippen MR) is 151 cm³/mol. The lowest BCUT2D eigenvalue weighted by atomic mass is 9.77. The molecule has 0 saturated carbocycles. The number of aromatic nitrogens is 4. The summed E-state index contributed by atoms with van der Waals surface area (Å²) in [6.07, 6.45) is -3.35. The summed E-state index contributed by atoms with van der Waals surface area (Å²) in [4.78, 5) is 28.6. The fourth-order valence-corrected chi connectivity index (χ4v) is 5.50. The summed E-state index contributed by atoms with van der Waals surface area (Å²) in [5.74, 6) is -1.28. The first-order valence-electron chi connectivity index (χ1n) is 13.6. The average molecular weight is 613 g/mol. The van der Waals surface area contributed by atoms with Gasteiger partial charge in [0.15, 0.2) is 5.82 Å². The number of fused-ring (bicyclic) bond motifs is 1. The fourth-order valence-electron chi connectivity index (χ4n) is 5.37. The number of amides is 2. The number of H-pyrrole nitrogens is 1. The second kappa shape index (κ2) is 12.8. The number of carbonyl (C=O) groups excluding carboxylic acids is 2. The Labute approximate surface area is 250 Å². The third-order valence-electron chi connectivity index (χ3n) is 7.34. The lowest BCUT2D eigenvalue weighted by molar-refractivity contribution is -0.274. The number of hydrogen-bond acceptors (Lipinski definition) is 6. The second-order valence-corrected chi connectivity index (χ2v) is 10.7. The number of halogens is 4. The summed E-state index contributed by atoms with van der Waals surface area (Å²) in [5.41, 5.74) is 3.45. The van der Waals surface area contributed by atoms with Gasteiger partial charge in [-0.15, -0.1) is 23.4 Å². The molecule has 5 rings (SSSR count). The number of nitrogens with zero attached hydrogens (tertiary/aromatic N) is 4. The molecule has 2 unspecified atom stereocenters. The van der Waals surface area contributed by atoms with Crippen LogP contribution in [-0.2, 0) is 24.4 Å².